The molecular formula is C14H27NO. The van der Waals surface area contributed by atoms with E-state index in [0.717, 1.165) is 13.2 Å². The first kappa shape index (κ1) is 12.4. The van der Waals surface area contributed by atoms with Crippen LogP contribution in [0.1, 0.15) is 59.3 Å². The highest BCUT2D eigenvalue weighted by molar-refractivity contribution is 4.96. The van der Waals surface area contributed by atoms with Crippen LogP contribution in [0.5, 0.6) is 0 Å². The molecule has 1 heterocycles. The van der Waals surface area contributed by atoms with Gasteiger partial charge in [-0.25, -0.2) is 0 Å². The van der Waals surface area contributed by atoms with Crippen molar-refractivity contribution in [2.75, 3.05) is 13.2 Å². The standard InChI is InChI=1S/C14H27NO/c1-4-13(2,3)11-15-12-6-9-16-14(10-12)7-5-8-14/h12,15H,4-11H2,1-3H3. The van der Waals surface area contributed by atoms with Crippen LogP contribution in [0, 0.1) is 5.41 Å². The summed E-state index contributed by atoms with van der Waals surface area (Å²) < 4.78 is 5.95. The third-order valence-corrected chi connectivity index (χ3v) is 4.58. The molecule has 1 spiro atoms. The quantitative estimate of drug-likeness (QED) is 0.794. The fraction of sp³-hybridized carbons (Fsp3) is 1.00. The van der Waals surface area contributed by atoms with Gasteiger partial charge in [-0.15, -0.1) is 0 Å². The van der Waals surface area contributed by atoms with Gasteiger partial charge in [0.2, 0.25) is 0 Å². The van der Waals surface area contributed by atoms with Crippen LogP contribution in [0.4, 0.5) is 0 Å². The topological polar surface area (TPSA) is 21.3 Å². The zero-order valence-electron chi connectivity index (χ0n) is 11.1. The van der Waals surface area contributed by atoms with Gasteiger partial charge < -0.3 is 10.1 Å². The minimum atomic E-state index is 0.284. The summed E-state index contributed by atoms with van der Waals surface area (Å²) in [5, 5.41) is 3.76. The second kappa shape index (κ2) is 4.66. The predicted octanol–water partition coefficient (Wildman–Crippen LogP) is 3.11. The van der Waals surface area contributed by atoms with E-state index >= 15 is 0 Å². The third kappa shape index (κ3) is 2.78. The Kier molecular flexibility index (Phi) is 3.60. The van der Waals surface area contributed by atoms with E-state index in [2.05, 4.69) is 26.1 Å². The van der Waals surface area contributed by atoms with Crippen molar-refractivity contribution in [2.24, 2.45) is 5.41 Å². The van der Waals surface area contributed by atoms with Crippen LogP contribution in [-0.2, 0) is 4.74 Å². The van der Waals surface area contributed by atoms with Crippen LogP contribution in [0.3, 0.4) is 0 Å². The molecule has 0 amide bonds. The Morgan fingerprint density at radius 1 is 1.38 bits per heavy atom. The lowest BCUT2D eigenvalue weighted by Gasteiger charge is -2.47. The highest BCUT2D eigenvalue weighted by atomic mass is 16.5. The first-order chi connectivity index (χ1) is 7.55. The predicted molar refractivity (Wildman–Crippen MR) is 67.6 cm³/mol. The van der Waals surface area contributed by atoms with Crippen molar-refractivity contribution in [3.05, 3.63) is 0 Å². The molecule has 0 bridgehead atoms. The molecule has 1 saturated heterocycles. The lowest BCUT2D eigenvalue weighted by atomic mass is 9.73. The van der Waals surface area contributed by atoms with E-state index in [1.165, 1.54) is 38.5 Å². The third-order valence-electron chi connectivity index (χ3n) is 4.58. The lowest BCUT2D eigenvalue weighted by Crippen LogP contribution is -2.52. The summed E-state index contributed by atoms with van der Waals surface area (Å²) in [6.45, 7) is 9.07. The monoisotopic (exact) mass is 225 g/mol. The van der Waals surface area contributed by atoms with Gasteiger partial charge in [-0.05, 0) is 43.9 Å². The molecule has 1 N–H and O–H groups in total. The fourth-order valence-electron chi connectivity index (χ4n) is 2.67. The Bertz CT molecular complexity index is 233. The summed E-state index contributed by atoms with van der Waals surface area (Å²) in [5.74, 6) is 0. The van der Waals surface area contributed by atoms with Gasteiger partial charge in [-0.1, -0.05) is 20.8 Å². The number of hydrogen-bond donors (Lipinski definition) is 1. The van der Waals surface area contributed by atoms with Crippen LogP contribution in [-0.4, -0.2) is 24.8 Å². The van der Waals surface area contributed by atoms with Crippen molar-refractivity contribution in [1.29, 1.82) is 0 Å². The largest absolute Gasteiger partial charge is 0.375 e. The smallest absolute Gasteiger partial charge is 0.0697 e. The number of ether oxygens (including phenoxy) is 1. The fourth-order valence-corrected chi connectivity index (χ4v) is 2.67. The van der Waals surface area contributed by atoms with Gasteiger partial charge in [-0.2, -0.15) is 0 Å². The molecule has 1 atom stereocenters. The van der Waals surface area contributed by atoms with Crippen molar-refractivity contribution < 1.29 is 4.74 Å². The molecule has 1 saturated carbocycles. The Hall–Kier alpha value is -0.0800. The van der Waals surface area contributed by atoms with Gasteiger partial charge in [0, 0.05) is 19.2 Å². The van der Waals surface area contributed by atoms with E-state index < -0.39 is 0 Å². The van der Waals surface area contributed by atoms with E-state index in [-0.39, 0.29) is 5.60 Å². The van der Waals surface area contributed by atoms with Crippen molar-refractivity contribution in [3.63, 3.8) is 0 Å². The zero-order valence-corrected chi connectivity index (χ0v) is 11.1. The maximum absolute atomic E-state index is 5.95. The molecule has 1 aliphatic heterocycles. The molecule has 0 aromatic heterocycles. The number of rotatable bonds is 4. The molecule has 0 aromatic carbocycles. The summed E-state index contributed by atoms with van der Waals surface area (Å²) >= 11 is 0. The zero-order chi connectivity index (χ0) is 11.6. The van der Waals surface area contributed by atoms with Crippen LogP contribution in [0.15, 0.2) is 0 Å². The average Bonchev–Trinajstić information content (AvgIpc) is 2.25. The Labute approximate surface area is 100 Å². The van der Waals surface area contributed by atoms with Crippen molar-refractivity contribution in [2.45, 2.75) is 70.9 Å². The average molecular weight is 225 g/mol. The van der Waals surface area contributed by atoms with E-state index in [1.807, 2.05) is 0 Å². The molecule has 2 heteroatoms. The highest BCUT2D eigenvalue weighted by Gasteiger charge is 2.42. The summed E-state index contributed by atoms with van der Waals surface area (Å²) in [6, 6.07) is 0.694. The van der Waals surface area contributed by atoms with Gasteiger partial charge in [-0.3, -0.25) is 0 Å². The van der Waals surface area contributed by atoms with Crippen LogP contribution >= 0.6 is 0 Å². The molecule has 2 nitrogen and oxygen atoms in total. The Morgan fingerprint density at radius 3 is 2.69 bits per heavy atom. The normalized spacial score (nSPS) is 29.1. The van der Waals surface area contributed by atoms with Crippen molar-refractivity contribution >= 4 is 0 Å². The second-order valence-corrected chi connectivity index (χ2v) is 6.47. The molecule has 16 heavy (non-hydrogen) atoms. The minimum absolute atomic E-state index is 0.284. The molecule has 94 valence electrons. The van der Waals surface area contributed by atoms with E-state index in [9.17, 15) is 0 Å². The second-order valence-electron chi connectivity index (χ2n) is 6.47. The lowest BCUT2D eigenvalue weighted by molar-refractivity contribution is -0.136. The first-order valence-corrected chi connectivity index (χ1v) is 6.93. The maximum atomic E-state index is 5.95. The van der Waals surface area contributed by atoms with Gasteiger partial charge in [0.15, 0.2) is 0 Å². The van der Waals surface area contributed by atoms with Crippen LogP contribution < -0.4 is 5.32 Å². The Balaban J connectivity index is 1.77. The molecule has 2 rings (SSSR count). The van der Waals surface area contributed by atoms with E-state index in [4.69, 9.17) is 4.74 Å². The van der Waals surface area contributed by atoms with Crippen LogP contribution in [0.2, 0.25) is 0 Å². The number of nitrogens with one attached hydrogen (secondary N) is 1. The maximum Gasteiger partial charge on any atom is 0.0697 e. The molecule has 2 aliphatic rings. The molecule has 2 fully saturated rings. The van der Waals surface area contributed by atoms with Crippen LogP contribution in [0.25, 0.3) is 0 Å². The summed E-state index contributed by atoms with van der Waals surface area (Å²) in [4.78, 5) is 0. The minimum Gasteiger partial charge on any atom is -0.375 e. The van der Waals surface area contributed by atoms with Gasteiger partial charge >= 0.3 is 0 Å². The first-order valence-electron chi connectivity index (χ1n) is 6.93. The molecule has 0 radical (unpaired) electrons. The molecule has 1 aliphatic carbocycles. The highest BCUT2D eigenvalue weighted by Crippen LogP contribution is 2.42. The van der Waals surface area contributed by atoms with Crippen molar-refractivity contribution in [1.82, 2.24) is 5.32 Å². The molecule has 0 aromatic rings. The van der Waals surface area contributed by atoms with E-state index in [0.29, 0.717) is 11.5 Å². The Morgan fingerprint density at radius 2 is 2.12 bits per heavy atom. The number of hydrogen-bond acceptors (Lipinski definition) is 2. The summed E-state index contributed by atoms with van der Waals surface area (Å²) in [5.41, 5.74) is 0.720. The van der Waals surface area contributed by atoms with E-state index in [1.54, 1.807) is 0 Å². The summed E-state index contributed by atoms with van der Waals surface area (Å²) in [6.07, 6.45) is 7.64. The van der Waals surface area contributed by atoms with Gasteiger partial charge in [0.1, 0.15) is 0 Å². The summed E-state index contributed by atoms with van der Waals surface area (Å²) in [7, 11) is 0. The van der Waals surface area contributed by atoms with Gasteiger partial charge in [0.05, 0.1) is 5.60 Å². The van der Waals surface area contributed by atoms with Gasteiger partial charge in [0.25, 0.3) is 0 Å². The van der Waals surface area contributed by atoms with Crippen molar-refractivity contribution in [3.8, 4) is 0 Å². The molecular weight excluding hydrogens is 198 g/mol. The molecule has 1 unspecified atom stereocenters. The SMILES string of the molecule is CCC(C)(C)CNC1CCOC2(CCC2)C1.